The molecule has 27 heavy (non-hydrogen) atoms. The first-order valence-electron chi connectivity index (χ1n) is 8.51. The van der Waals surface area contributed by atoms with Crippen LogP contribution in [0.1, 0.15) is 33.5 Å². The van der Waals surface area contributed by atoms with Crippen molar-refractivity contribution >= 4 is 35.1 Å². The van der Waals surface area contributed by atoms with Crippen LogP contribution in [0.3, 0.4) is 0 Å². The second-order valence-corrected chi connectivity index (χ2v) is 8.03. The predicted octanol–water partition coefficient (Wildman–Crippen LogP) is 4.02. The number of aromatic nitrogens is 4. The molecule has 0 aliphatic carbocycles. The van der Waals surface area contributed by atoms with Crippen molar-refractivity contribution in [3.8, 4) is 5.95 Å². The lowest BCUT2D eigenvalue weighted by molar-refractivity contribution is -0.113. The Bertz CT molecular complexity index is 1030. The van der Waals surface area contributed by atoms with Crippen molar-refractivity contribution in [1.29, 1.82) is 0 Å². The number of benzene rings is 1. The van der Waals surface area contributed by atoms with Crippen molar-refractivity contribution < 1.29 is 4.79 Å². The number of amides is 1. The molecule has 138 valence electrons. The molecule has 1 aliphatic rings. The summed E-state index contributed by atoms with van der Waals surface area (Å²) < 4.78 is 1.63. The number of fused-ring (bicyclic) bond motifs is 1. The van der Waals surface area contributed by atoms with Crippen LogP contribution in [-0.2, 0) is 4.79 Å². The fraction of sp³-hybridized carbons (Fsp3) is 0.263. The Labute approximate surface area is 166 Å². The first-order chi connectivity index (χ1) is 12.9. The van der Waals surface area contributed by atoms with Gasteiger partial charge in [-0.1, -0.05) is 23.7 Å². The van der Waals surface area contributed by atoms with E-state index in [0.29, 0.717) is 22.5 Å². The van der Waals surface area contributed by atoms with Gasteiger partial charge in [0.05, 0.1) is 16.7 Å². The maximum atomic E-state index is 12.4. The first-order valence-corrected chi connectivity index (χ1v) is 9.94. The average Bonchev–Trinajstić information content (AvgIpc) is 2.81. The fourth-order valence-electron chi connectivity index (χ4n) is 3.26. The number of anilines is 1. The van der Waals surface area contributed by atoms with E-state index in [2.05, 4.69) is 20.4 Å². The highest BCUT2D eigenvalue weighted by Crippen LogP contribution is 2.44. The Morgan fingerprint density at radius 2 is 1.93 bits per heavy atom. The molecule has 1 unspecified atom stereocenters. The molecule has 0 saturated carbocycles. The third-order valence-corrected chi connectivity index (χ3v) is 5.82. The van der Waals surface area contributed by atoms with Crippen LogP contribution in [-0.4, -0.2) is 31.4 Å². The smallest absolute Gasteiger partial charge is 0.252 e. The van der Waals surface area contributed by atoms with Crippen molar-refractivity contribution in [1.82, 2.24) is 19.7 Å². The number of rotatable bonds is 2. The Morgan fingerprint density at radius 1 is 1.19 bits per heavy atom. The van der Waals surface area contributed by atoms with Crippen molar-refractivity contribution in [2.24, 2.45) is 0 Å². The van der Waals surface area contributed by atoms with Gasteiger partial charge in [-0.3, -0.25) is 4.79 Å². The van der Waals surface area contributed by atoms with E-state index >= 15 is 0 Å². The van der Waals surface area contributed by atoms with Gasteiger partial charge in [0.2, 0.25) is 5.91 Å². The van der Waals surface area contributed by atoms with Gasteiger partial charge in [0, 0.05) is 22.0 Å². The molecular weight excluding hydrogens is 382 g/mol. The number of aryl methyl sites for hydroxylation is 3. The molecule has 1 aromatic carbocycles. The molecule has 1 atom stereocenters. The van der Waals surface area contributed by atoms with E-state index in [1.54, 1.807) is 16.4 Å². The lowest BCUT2D eigenvalue weighted by Gasteiger charge is -2.15. The Morgan fingerprint density at radius 3 is 2.63 bits per heavy atom. The number of halogens is 1. The first kappa shape index (κ1) is 18.0. The minimum Gasteiger partial charge on any atom is -0.309 e. The van der Waals surface area contributed by atoms with Crippen molar-refractivity contribution in [3.05, 3.63) is 63.6 Å². The van der Waals surface area contributed by atoms with E-state index in [0.717, 1.165) is 28.2 Å². The SMILES string of the molecule is Cc1cc(C)nc(-n2nc(C)c3c2NC(=O)CSC3c2cccc(Cl)c2)n1. The maximum Gasteiger partial charge on any atom is 0.252 e. The zero-order valence-electron chi connectivity index (χ0n) is 15.2. The third-order valence-electron chi connectivity index (χ3n) is 4.32. The van der Waals surface area contributed by atoms with Gasteiger partial charge in [0.25, 0.3) is 5.95 Å². The summed E-state index contributed by atoms with van der Waals surface area (Å²) in [4.78, 5) is 21.4. The molecule has 0 saturated heterocycles. The number of hydrogen-bond donors (Lipinski definition) is 1. The summed E-state index contributed by atoms with van der Waals surface area (Å²) in [5.41, 5.74) is 4.51. The monoisotopic (exact) mass is 399 g/mol. The maximum absolute atomic E-state index is 12.4. The second-order valence-electron chi connectivity index (χ2n) is 6.50. The molecule has 0 spiro atoms. The molecule has 2 aromatic heterocycles. The molecule has 4 rings (SSSR count). The van der Waals surface area contributed by atoms with E-state index in [9.17, 15) is 4.79 Å². The minimum atomic E-state index is -0.0729. The topological polar surface area (TPSA) is 72.7 Å². The molecule has 0 radical (unpaired) electrons. The van der Waals surface area contributed by atoms with Gasteiger partial charge in [-0.25, -0.2) is 9.97 Å². The van der Waals surface area contributed by atoms with Crippen LogP contribution in [0.2, 0.25) is 5.02 Å². The van der Waals surface area contributed by atoms with Crippen molar-refractivity contribution in [3.63, 3.8) is 0 Å². The van der Waals surface area contributed by atoms with Crippen LogP contribution in [0.4, 0.5) is 5.82 Å². The molecule has 1 N–H and O–H groups in total. The molecule has 0 bridgehead atoms. The van der Waals surface area contributed by atoms with Gasteiger partial charge in [-0.2, -0.15) is 9.78 Å². The number of nitrogens with one attached hydrogen (secondary N) is 1. The molecule has 3 heterocycles. The van der Waals surface area contributed by atoms with Crippen molar-refractivity contribution in [2.45, 2.75) is 26.0 Å². The van der Waals surface area contributed by atoms with Gasteiger partial charge >= 0.3 is 0 Å². The van der Waals surface area contributed by atoms with Gasteiger partial charge in [-0.15, -0.1) is 11.8 Å². The Balaban J connectivity index is 1.91. The normalized spacial score (nSPS) is 16.6. The highest BCUT2D eigenvalue weighted by Gasteiger charge is 2.31. The number of nitrogens with zero attached hydrogens (tertiary/aromatic N) is 4. The third kappa shape index (κ3) is 3.44. The number of thioether (sulfide) groups is 1. The molecule has 1 aliphatic heterocycles. The van der Waals surface area contributed by atoms with Crippen LogP contribution >= 0.6 is 23.4 Å². The van der Waals surface area contributed by atoms with E-state index < -0.39 is 0 Å². The Hall–Kier alpha value is -2.38. The molecule has 6 nitrogen and oxygen atoms in total. The summed E-state index contributed by atoms with van der Waals surface area (Å²) in [7, 11) is 0. The Kier molecular flexibility index (Phi) is 4.65. The van der Waals surface area contributed by atoms with Gasteiger partial charge in [-0.05, 0) is 44.5 Å². The molecule has 1 amide bonds. The standard InChI is InChI=1S/C19H18ClN5OS/c1-10-7-11(2)22-19(21-10)25-18-16(12(3)24-25)17(27-9-15(26)23-18)13-5-4-6-14(20)8-13/h4-8,17H,9H2,1-3H3,(H,23,26). The van der Waals surface area contributed by atoms with Crippen LogP contribution in [0.5, 0.6) is 0 Å². The summed E-state index contributed by atoms with van der Waals surface area (Å²) in [6.45, 7) is 5.76. The summed E-state index contributed by atoms with van der Waals surface area (Å²) in [6.07, 6.45) is 0. The minimum absolute atomic E-state index is 0.0580. The summed E-state index contributed by atoms with van der Waals surface area (Å²) in [5.74, 6) is 1.35. The lowest BCUT2D eigenvalue weighted by atomic mass is 10.0. The van der Waals surface area contributed by atoms with Gasteiger partial charge < -0.3 is 5.32 Å². The van der Waals surface area contributed by atoms with E-state index in [-0.39, 0.29) is 11.2 Å². The van der Waals surface area contributed by atoms with E-state index in [1.165, 1.54) is 0 Å². The highest BCUT2D eigenvalue weighted by atomic mass is 35.5. The molecular formula is C19H18ClN5OS. The number of carbonyl (C=O) groups is 1. The summed E-state index contributed by atoms with van der Waals surface area (Å²) in [5, 5.41) is 8.25. The summed E-state index contributed by atoms with van der Waals surface area (Å²) >= 11 is 7.76. The predicted molar refractivity (Wildman–Crippen MR) is 108 cm³/mol. The second kappa shape index (κ2) is 6.98. The van der Waals surface area contributed by atoms with Crippen molar-refractivity contribution in [2.75, 3.05) is 11.1 Å². The van der Waals surface area contributed by atoms with Crippen LogP contribution < -0.4 is 5.32 Å². The van der Waals surface area contributed by atoms with E-state index in [1.807, 2.05) is 51.1 Å². The fourth-order valence-corrected chi connectivity index (χ4v) is 4.64. The zero-order chi connectivity index (χ0) is 19.1. The van der Waals surface area contributed by atoms with Gasteiger partial charge in [0.15, 0.2) is 0 Å². The van der Waals surface area contributed by atoms with Crippen LogP contribution in [0.25, 0.3) is 5.95 Å². The average molecular weight is 400 g/mol. The van der Waals surface area contributed by atoms with Crippen LogP contribution in [0.15, 0.2) is 30.3 Å². The quantitative estimate of drug-likeness (QED) is 0.704. The molecule has 8 heteroatoms. The lowest BCUT2D eigenvalue weighted by Crippen LogP contribution is -2.17. The summed E-state index contributed by atoms with van der Waals surface area (Å²) in [6, 6.07) is 9.62. The number of carbonyl (C=O) groups excluding carboxylic acids is 1. The zero-order valence-corrected chi connectivity index (χ0v) is 16.7. The largest absolute Gasteiger partial charge is 0.309 e. The van der Waals surface area contributed by atoms with Gasteiger partial charge in [0.1, 0.15) is 5.82 Å². The number of hydrogen-bond acceptors (Lipinski definition) is 5. The van der Waals surface area contributed by atoms with E-state index in [4.69, 9.17) is 11.6 Å². The molecule has 3 aromatic rings. The molecule has 0 fully saturated rings. The van der Waals surface area contributed by atoms with Crippen LogP contribution in [0, 0.1) is 20.8 Å². The highest BCUT2D eigenvalue weighted by molar-refractivity contribution is 8.00.